The van der Waals surface area contributed by atoms with Crippen LogP contribution in [0.15, 0.2) is 36.5 Å². The summed E-state index contributed by atoms with van der Waals surface area (Å²) >= 11 is 5.85. The molecule has 0 saturated heterocycles. The molecule has 0 atom stereocenters. The Kier molecular flexibility index (Phi) is 2.91. The number of rotatable bonds is 2. The molecule has 2 aromatic heterocycles. The van der Waals surface area contributed by atoms with Crippen LogP contribution >= 0.6 is 11.6 Å². The molecule has 3 rings (SSSR count). The fourth-order valence-corrected chi connectivity index (χ4v) is 2.12. The van der Waals surface area contributed by atoms with E-state index in [2.05, 4.69) is 9.97 Å². The Hall–Kier alpha value is -2.01. The van der Waals surface area contributed by atoms with Crippen LogP contribution in [0, 0.1) is 11.6 Å². The van der Waals surface area contributed by atoms with Crippen molar-refractivity contribution in [3.05, 3.63) is 54.0 Å². The highest BCUT2D eigenvalue weighted by atomic mass is 35.5. The van der Waals surface area contributed by atoms with E-state index in [-0.39, 0.29) is 5.88 Å². The van der Waals surface area contributed by atoms with E-state index in [9.17, 15) is 8.78 Å². The standard InChI is InChI=1S/C13H8ClF2N3/c14-7-12-18-11-2-1-5-17-13(11)19(12)8-3-4-9(15)10(16)6-8/h1-6H,7H2. The molecular weight excluding hydrogens is 272 g/mol. The first-order valence-electron chi connectivity index (χ1n) is 5.54. The molecule has 6 heteroatoms. The molecular formula is C13H8ClF2N3. The van der Waals surface area contributed by atoms with E-state index >= 15 is 0 Å². The Morgan fingerprint density at radius 2 is 2.00 bits per heavy atom. The van der Waals surface area contributed by atoms with Crippen molar-refractivity contribution in [3.63, 3.8) is 0 Å². The normalized spacial score (nSPS) is 11.1. The third kappa shape index (κ3) is 1.96. The van der Waals surface area contributed by atoms with Crippen LogP contribution in [-0.2, 0) is 5.88 Å². The van der Waals surface area contributed by atoms with E-state index in [1.807, 2.05) is 0 Å². The lowest BCUT2D eigenvalue weighted by atomic mass is 10.3. The number of halogens is 3. The second-order valence-corrected chi connectivity index (χ2v) is 4.21. The summed E-state index contributed by atoms with van der Waals surface area (Å²) in [6.45, 7) is 0. The number of hydrogen-bond acceptors (Lipinski definition) is 2. The number of benzene rings is 1. The van der Waals surface area contributed by atoms with Crippen LogP contribution in [0.5, 0.6) is 0 Å². The Morgan fingerprint density at radius 3 is 2.74 bits per heavy atom. The fourth-order valence-electron chi connectivity index (χ4n) is 1.94. The lowest BCUT2D eigenvalue weighted by Gasteiger charge is -2.07. The molecule has 0 amide bonds. The van der Waals surface area contributed by atoms with Gasteiger partial charge in [0.1, 0.15) is 11.3 Å². The predicted octanol–water partition coefficient (Wildman–Crippen LogP) is 3.44. The molecule has 0 aliphatic carbocycles. The lowest BCUT2D eigenvalue weighted by molar-refractivity contribution is 0.508. The maximum absolute atomic E-state index is 13.3. The number of alkyl halides is 1. The van der Waals surface area contributed by atoms with Crippen LogP contribution in [0.1, 0.15) is 5.82 Å². The lowest BCUT2D eigenvalue weighted by Crippen LogP contribution is -2.01. The van der Waals surface area contributed by atoms with Crippen LogP contribution < -0.4 is 0 Å². The summed E-state index contributed by atoms with van der Waals surface area (Å²) in [5, 5.41) is 0. The molecule has 3 nitrogen and oxygen atoms in total. The van der Waals surface area contributed by atoms with Gasteiger partial charge in [-0.25, -0.2) is 18.7 Å². The summed E-state index contributed by atoms with van der Waals surface area (Å²) in [5.74, 6) is -1.14. The van der Waals surface area contributed by atoms with E-state index in [0.717, 1.165) is 12.1 Å². The Balaban J connectivity index is 2.31. The van der Waals surface area contributed by atoms with Gasteiger partial charge in [0.15, 0.2) is 17.3 Å². The quantitative estimate of drug-likeness (QED) is 0.673. The third-order valence-electron chi connectivity index (χ3n) is 2.77. The molecule has 2 heterocycles. The van der Waals surface area contributed by atoms with Crippen molar-refractivity contribution in [2.24, 2.45) is 0 Å². The molecule has 0 N–H and O–H groups in total. The number of imidazole rings is 1. The van der Waals surface area contributed by atoms with Gasteiger partial charge >= 0.3 is 0 Å². The first-order chi connectivity index (χ1) is 9.20. The minimum Gasteiger partial charge on any atom is -0.280 e. The number of pyridine rings is 1. The average Bonchev–Trinajstić information content (AvgIpc) is 2.80. The van der Waals surface area contributed by atoms with Crippen molar-refractivity contribution < 1.29 is 8.78 Å². The van der Waals surface area contributed by atoms with Crippen molar-refractivity contribution in [1.82, 2.24) is 14.5 Å². The highest BCUT2D eigenvalue weighted by molar-refractivity contribution is 6.16. The van der Waals surface area contributed by atoms with Crippen molar-refractivity contribution in [3.8, 4) is 5.69 Å². The summed E-state index contributed by atoms with van der Waals surface area (Å²) in [6.07, 6.45) is 1.61. The van der Waals surface area contributed by atoms with Gasteiger partial charge in [-0.2, -0.15) is 0 Å². The Morgan fingerprint density at radius 1 is 1.16 bits per heavy atom. The summed E-state index contributed by atoms with van der Waals surface area (Å²) in [7, 11) is 0. The highest BCUT2D eigenvalue weighted by Gasteiger charge is 2.13. The van der Waals surface area contributed by atoms with Crippen molar-refractivity contribution in [2.75, 3.05) is 0 Å². The minimum absolute atomic E-state index is 0.148. The number of fused-ring (bicyclic) bond motifs is 1. The zero-order valence-electron chi connectivity index (χ0n) is 9.65. The fraction of sp³-hybridized carbons (Fsp3) is 0.0769. The highest BCUT2D eigenvalue weighted by Crippen LogP contribution is 2.22. The molecule has 19 heavy (non-hydrogen) atoms. The maximum Gasteiger partial charge on any atom is 0.164 e. The average molecular weight is 280 g/mol. The predicted molar refractivity (Wildman–Crippen MR) is 68.3 cm³/mol. The number of aromatic nitrogens is 3. The van der Waals surface area contributed by atoms with Crippen LogP contribution in [0.25, 0.3) is 16.9 Å². The van der Waals surface area contributed by atoms with Gasteiger partial charge in [-0.15, -0.1) is 11.6 Å². The molecule has 96 valence electrons. The van der Waals surface area contributed by atoms with Crippen molar-refractivity contribution in [1.29, 1.82) is 0 Å². The van der Waals surface area contributed by atoms with Gasteiger partial charge in [-0.3, -0.25) is 4.57 Å². The zero-order valence-corrected chi connectivity index (χ0v) is 10.4. The van der Waals surface area contributed by atoms with Gasteiger partial charge in [0, 0.05) is 12.3 Å². The minimum atomic E-state index is -0.921. The topological polar surface area (TPSA) is 30.7 Å². The molecule has 0 unspecified atom stereocenters. The second kappa shape index (κ2) is 4.59. The van der Waals surface area contributed by atoms with Gasteiger partial charge in [-0.05, 0) is 24.3 Å². The summed E-state index contributed by atoms with van der Waals surface area (Å²) in [4.78, 5) is 8.52. The van der Waals surface area contributed by atoms with Gasteiger partial charge < -0.3 is 0 Å². The number of nitrogens with zero attached hydrogens (tertiary/aromatic N) is 3. The molecule has 0 aliphatic rings. The monoisotopic (exact) mass is 279 g/mol. The summed E-state index contributed by atoms with van der Waals surface area (Å²) < 4.78 is 28.0. The van der Waals surface area contributed by atoms with Crippen molar-refractivity contribution >= 4 is 22.8 Å². The molecule has 0 aliphatic heterocycles. The van der Waals surface area contributed by atoms with Crippen LogP contribution in [0.4, 0.5) is 8.78 Å². The van der Waals surface area contributed by atoms with E-state index in [0.29, 0.717) is 22.7 Å². The third-order valence-corrected chi connectivity index (χ3v) is 3.01. The smallest absolute Gasteiger partial charge is 0.164 e. The van der Waals surface area contributed by atoms with Crippen LogP contribution in [-0.4, -0.2) is 14.5 Å². The largest absolute Gasteiger partial charge is 0.280 e. The van der Waals surface area contributed by atoms with Crippen LogP contribution in [0.3, 0.4) is 0 Å². The maximum atomic E-state index is 13.3. The van der Waals surface area contributed by atoms with Crippen molar-refractivity contribution in [2.45, 2.75) is 5.88 Å². The van der Waals surface area contributed by atoms with E-state index in [1.54, 1.807) is 22.9 Å². The second-order valence-electron chi connectivity index (χ2n) is 3.94. The first kappa shape index (κ1) is 12.0. The van der Waals surface area contributed by atoms with E-state index in [4.69, 9.17) is 11.6 Å². The molecule has 0 saturated carbocycles. The molecule has 0 bridgehead atoms. The molecule has 0 fully saturated rings. The van der Waals surface area contributed by atoms with Gasteiger partial charge in [0.25, 0.3) is 0 Å². The van der Waals surface area contributed by atoms with Gasteiger partial charge in [0.05, 0.1) is 11.6 Å². The molecule has 0 radical (unpaired) electrons. The molecule has 0 spiro atoms. The van der Waals surface area contributed by atoms with Gasteiger partial charge in [0.2, 0.25) is 0 Å². The zero-order chi connectivity index (χ0) is 13.4. The molecule has 1 aromatic carbocycles. The van der Waals surface area contributed by atoms with Gasteiger partial charge in [-0.1, -0.05) is 0 Å². The summed E-state index contributed by atoms with van der Waals surface area (Å²) in [6, 6.07) is 7.17. The van der Waals surface area contributed by atoms with E-state index < -0.39 is 11.6 Å². The first-order valence-corrected chi connectivity index (χ1v) is 6.08. The Bertz CT molecular complexity index is 755. The number of hydrogen-bond donors (Lipinski definition) is 0. The Labute approximate surface area is 112 Å². The molecule has 3 aromatic rings. The van der Waals surface area contributed by atoms with Crippen LogP contribution in [0.2, 0.25) is 0 Å². The summed E-state index contributed by atoms with van der Waals surface area (Å²) in [5.41, 5.74) is 1.66. The SMILES string of the molecule is Fc1ccc(-n2c(CCl)nc3cccnc32)cc1F. The van der Waals surface area contributed by atoms with E-state index in [1.165, 1.54) is 6.07 Å².